The lowest BCUT2D eigenvalue weighted by atomic mass is 10.1. The molecule has 2 aromatic carbocycles. The Morgan fingerprint density at radius 3 is 2.38 bits per heavy atom. The second-order valence-electron chi connectivity index (χ2n) is 5.37. The van der Waals surface area contributed by atoms with E-state index in [0.29, 0.717) is 16.8 Å². The fourth-order valence-corrected chi connectivity index (χ4v) is 2.37. The van der Waals surface area contributed by atoms with Gasteiger partial charge in [-0.05, 0) is 44.2 Å². The number of oxazole rings is 1. The largest absolute Gasteiger partial charge is 0.507 e. The zero-order valence-corrected chi connectivity index (χ0v) is 12.9. The number of aryl methyl sites for hydroxylation is 1. The van der Waals surface area contributed by atoms with E-state index in [1.807, 2.05) is 6.92 Å². The van der Waals surface area contributed by atoms with Crippen LogP contribution in [0.5, 0.6) is 0 Å². The van der Waals surface area contributed by atoms with Gasteiger partial charge in [0.05, 0.1) is 11.2 Å². The van der Waals surface area contributed by atoms with Crippen LogP contribution in [0.4, 0.5) is 13.2 Å². The molecule has 0 atom stereocenters. The van der Waals surface area contributed by atoms with Gasteiger partial charge in [-0.25, -0.2) is 0 Å². The maximum absolute atomic E-state index is 12.7. The lowest BCUT2D eigenvalue weighted by Gasteiger charge is -2.05. The molecule has 1 aromatic heterocycles. The molecule has 0 saturated carbocycles. The molecule has 0 radical (unpaired) electrons. The second kappa shape index (κ2) is 5.67. The fourth-order valence-electron chi connectivity index (χ4n) is 2.37. The average Bonchev–Trinajstić information content (AvgIpc) is 2.83. The highest BCUT2D eigenvalue weighted by Crippen LogP contribution is 2.22. The maximum atomic E-state index is 12.7. The van der Waals surface area contributed by atoms with Gasteiger partial charge in [-0.1, -0.05) is 17.7 Å². The molecule has 0 aliphatic carbocycles. The molecule has 0 bridgehead atoms. The van der Waals surface area contributed by atoms with Gasteiger partial charge in [0, 0.05) is 5.56 Å². The van der Waals surface area contributed by atoms with Gasteiger partial charge in [0.2, 0.25) is 0 Å². The lowest BCUT2D eigenvalue weighted by molar-refractivity contribution is -0.125. The first-order chi connectivity index (χ1) is 11.2. The molecular weight excluding hydrogens is 321 g/mol. The molecule has 0 spiro atoms. The third-order valence-electron chi connectivity index (χ3n) is 3.51. The van der Waals surface area contributed by atoms with E-state index in [2.05, 4.69) is 4.99 Å². The van der Waals surface area contributed by atoms with Gasteiger partial charge in [0.15, 0.2) is 11.4 Å². The SMILES string of the molecule is CC(=O)c1ccc2oc(=NC(F)(F)F)n(-c3ccc(C)cc3)c2c1. The molecule has 0 aliphatic heterocycles. The maximum Gasteiger partial charge on any atom is 0.507 e. The number of Topliss-reactive ketones (excluding diaryl/α,β-unsaturated/α-hetero) is 1. The quantitative estimate of drug-likeness (QED) is 0.522. The van der Waals surface area contributed by atoms with Gasteiger partial charge < -0.3 is 4.42 Å². The van der Waals surface area contributed by atoms with E-state index in [0.717, 1.165) is 5.56 Å². The number of carbonyl (C=O) groups excluding carboxylic acids is 1. The molecule has 0 fully saturated rings. The van der Waals surface area contributed by atoms with Crippen molar-refractivity contribution >= 4 is 16.9 Å². The van der Waals surface area contributed by atoms with Crippen LogP contribution in [-0.4, -0.2) is 16.7 Å². The highest BCUT2D eigenvalue weighted by Gasteiger charge is 2.28. The van der Waals surface area contributed by atoms with Crippen molar-refractivity contribution < 1.29 is 22.4 Å². The van der Waals surface area contributed by atoms with Crippen LogP contribution in [0, 0.1) is 6.92 Å². The number of ketones is 1. The molecule has 3 rings (SSSR count). The molecule has 0 saturated heterocycles. The van der Waals surface area contributed by atoms with Crippen LogP contribution < -0.4 is 5.68 Å². The number of fused-ring (bicyclic) bond motifs is 1. The second-order valence-corrected chi connectivity index (χ2v) is 5.37. The molecule has 3 aromatic rings. The van der Waals surface area contributed by atoms with Crippen molar-refractivity contribution in [1.82, 2.24) is 4.57 Å². The van der Waals surface area contributed by atoms with Crippen LogP contribution in [0.3, 0.4) is 0 Å². The Morgan fingerprint density at radius 1 is 1.12 bits per heavy atom. The number of nitrogens with zero attached hydrogens (tertiary/aromatic N) is 2. The summed E-state index contributed by atoms with van der Waals surface area (Å²) in [6, 6.07) is 11.3. The lowest BCUT2D eigenvalue weighted by Crippen LogP contribution is -2.19. The standard InChI is InChI=1S/C17H13F3N2O2/c1-10-3-6-13(7-4-10)22-14-9-12(11(2)23)5-8-15(14)24-16(22)21-17(18,19)20/h3-9H,1-2H3. The summed E-state index contributed by atoms with van der Waals surface area (Å²) in [6.07, 6.45) is -4.77. The third kappa shape index (κ3) is 3.10. The van der Waals surface area contributed by atoms with E-state index in [1.54, 1.807) is 24.3 Å². The van der Waals surface area contributed by atoms with E-state index in [4.69, 9.17) is 4.42 Å². The number of aromatic nitrogens is 1. The monoisotopic (exact) mass is 334 g/mol. The average molecular weight is 334 g/mol. The molecule has 0 N–H and O–H groups in total. The summed E-state index contributed by atoms with van der Waals surface area (Å²) < 4.78 is 44.7. The summed E-state index contributed by atoms with van der Waals surface area (Å²) in [7, 11) is 0. The predicted octanol–water partition coefficient (Wildman–Crippen LogP) is 4.16. The van der Waals surface area contributed by atoms with Crippen LogP contribution >= 0.6 is 0 Å². The summed E-state index contributed by atoms with van der Waals surface area (Å²) in [5.41, 5.74) is 1.76. The normalized spacial score (nSPS) is 12.8. The number of hydrogen-bond donors (Lipinski definition) is 0. The van der Waals surface area contributed by atoms with E-state index < -0.39 is 12.0 Å². The Hall–Kier alpha value is -2.83. The topological polar surface area (TPSA) is 47.5 Å². The molecule has 0 unspecified atom stereocenters. The first kappa shape index (κ1) is 16.0. The van der Waals surface area contributed by atoms with Crippen molar-refractivity contribution in [3.05, 3.63) is 59.3 Å². The predicted molar refractivity (Wildman–Crippen MR) is 81.9 cm³/mol. The minimum Gasteiger partial charge on any atom is -0.423 e. The first-order valence-electron chi connectivity index (χ1n) is 7.11. The number of alkyl halides is 3. The van der Waals surface area contributed by atoms with E-state index in [1.165, 1.54) is 29.7 Å². The van der Waals surface area contributed by atoms with E-state index in [9.17, 15) is 18.0 Å². The number of carbonyl (C=O) groups is 1. The summed E-state index contributed by atoms with van der Waals surface area (Å²) in [6.45, 7) is 3.26. The number of hydrogen-bond acceptors (Lipinski definition) is 3. The van der Waals surface area contributed by atoms with Gasteiger partial charge >= 0.3 is 12.0 Å². The highest BCUT2D eigenvalue weighted by atomic mass is 19.4. The minimum absolute atomic E-state index is 0.192. The summed E-state index contributed by atoms with van der Waals surface area (Å²) in [4.78, 5) is 14.3. The van der Waals surface area contributed by atoms with Gasteiger partial charge in [0.1, 0.15) is 0 Å². The van der Waals surface area contributed by atoms with Crippen molar-refractivity contribution in [3.8, 4) is 5.69 Å². The Kier molecular flexibility index (Phi) is 3.79. The number of rotatable bonds is 2. The molecule has 4 nitrogen and oxygen atoms in total. The zero-order valence-electron chi connectivity index (χ0n) is 12.9. The Bertz CT molecular complexity index is 980. The van der Waals surface area contributed by atoms with Crippen molar-refractivity contribution in [1.29, 1.82) is 0 Å². The number of benzene rings is 2. The van der Waals surface area contributed by atoms with Gasteiger partial charge in [0.25, 0.3) is 0 Å². The molecule has 1 heterocycles. The van der Waals surface area contributed by atoms with Crippen LogP contribution in [0.2, 0.25) is 0 Å². The van der Waals surface area contributed by atoms with Crippen LogP contribution in [0.1, 0.15) is 22.8 Å². The van der Waals surface area contributed by atoms with Crippen LogP contribution in [0.15, 0.2) is 51.9 Å². The van der Waals surface area contributed by atoms with E-state index in [-0.39, 0.29) is 11.4 Å². The van der Waals surface area contributed by atoms with Gasteiger partial charge in [-0.15, -0.1) is 18.2 Å². The third-order valence-corrected chi connectivity index (χ3v) is 3.51. The summed E-state index contributed by atoms with van der Waals surface area (Å²) in [5, 5.41) is 0. The molecule has 0 aliphatic rings. The van der Waals surface area contributed by atoms with Gasteiger partial charge in [-0.2, -0.15) is 0 Å². The molecular formula is C17H13F3N2O2. The van der Waals surface area contributed by atoms with E-state index >= 15 is 0 Å². The highest BCUT2D eigenvalue weighted by molar-refractivity contribution is 5.97. The minimum atomic E-state index is -4.77. The Labute approximate surface area is 134 Å². The van der Waals surface area contributed by atoms with Crippen LogP contribution in [-0.2, 0) is 0 Å². The first-order valence-corrected chi connectivity index (χ1v) is 7.11. The van der Waals surface area contributed by atoms with Gasteiger partial charge in [-0.3, -0.25) is 9.36 Å². The molecule has 24 heavy (non-hydrogen) atoms. The Balaban J connectivity index is 2.38. The fraction of sp³-hybridized carbons (Fsp3) is 0.176. The summed E-state index contributed by atoms with van der Waals surface area (Å²) >= 11 is 0. The Morgan fingerprint density at radius 2 is 1.79 bits per heavy atom. The molecule has 7 heteroatoms. The van der Waals surface area contributed by atoms with Crippen molar-refractivity contribution in [2.45, 2.75) is 20.1 Å². The zero-order chi connectivity index (χ0) is 17.5. The van der Waals surface area contributed by atoms with Crippen molar-refractivity contribution in [2.75, 3.05) is 0 Å². The molecule has 0 amide bonds. The number of halogens is 3. The van der Waals surface area contributed by atoms with Crippen LogP contribution in [0.25, 0.3) is 16.8 Å². The molecule has 124 valence electrons. The van der Waals surface area contributed by atoms with Crippen molar-refractivity contribution in [3.63, 3.8) is 0 Å². The van der Waals surface area contributed by atoms with Crippen molar-refractivity contribution in [2.24, 2.45) is 4.99 Å². The summed E-state index contributed by atoms with van der Waals surface area (Å²) in [5.74, 6) is -0.192. The smallest absolute Gasteiger partial charge is 0.423 e.